The van der Waals surface area contributed by atoms with Crippen LogP contribution in [0.3, 0.4) is 0 Å². The first-order valence-electron chi connectivity index (χ1n) is 4.33. The van der Waals surface area contributed by atoms with Crippen molar-refractivity contribution < 1.29 is 4.90 Å². The van der Waals surface area contributed by atoms with E-state index < -0.39 is 0 Å². The zero-order valence-electron chi connectivity index (χ0n) is 8.06. The van der Waals surface area contributed by atoms with E-state index in [2.05, 4.69) is 13.0 Å². The summed E-state index contributed by atoms with van der Waals surface area (Å²) < 4.78 is 8.65. The Bertz CT molecular complexity index is 461. The van der Waals surface area contributed by atoms with Crippen molar-refractivity contribution in [3.05, 3.63) is 18.2 Å². The molecule has 0 atom stereocenters. The number of rotatable bonds is 2. The zero-order valence-corrected chi connectivity index (χ0v) is 9.77. The van der Waals surface area contributed by atoms with Crippen LogP contribution < -0.4 is 4.90 Å². The molecule has 14 heavy (non-hydrogen) atoms. The maximum absolute atomic E-state index is 4.37. The summed E-state index contributed by atoms with van der Waals surface area (Å²) in [7, 11) is 4.05. The van der Waals surface area contributed by atoms with E-state index in [1.807, 2.05) is 38.6 Å². The van der Waals surface area contributed by atoms with Crippen molar-refractivity contribution in [2.75, 3.05) is 14.1 Å². The molecule has 4 nitrogen and oxygen atoms in total. The number of quaternary nitrogens is 1. The number of fused-ring (bicyclic) bond motifs is 1. The zero-order chi connectivity index (χ0) is 9.97. The molecule has 0 aliphatic heterocycles. The van der Waals surface area contributed by atoms with Crippen LogP contribution in [0.1, 0.15) is 0 Å². The molecule has 0 saturated heterocycles. The molecule has 2 rings (SSSR count). The molecule has 72 valence electrons. The van der Waals surface area contributed by atoms with Crippen LogP contribution in [-0.2, 0) is 0 Å². The predicted octanol–water partition coefficient (Wildman–Crippen LogP) is -0.509. The van der Waals surface area contributed by atoms with Crippen LogP contribution in [0.25, 0.3) is 11.0 Å². The van der Waals surface area contributed by atoms with Crippen LogP contribution in [0.4, 0.5) is 5.69 Å². The van der Waals surface area contributed by atoms with E-state index in [4.69, 9.17) is 0 Å². The van der Waals surface area contributed by atoms with Crippen LogP contribution in [0.5, 0.6) is 0 Å². The molecule has 0 fully saturated rings. The van der Waals surface area contributed by atoms with Gasteiger partial charge < -0.3 is 0 Å². The molecule has 0 radical (unpaired) electrons. The van der Waals surface area contributed by atoms with Crippen molar-refractivity contribution in [3.8, 4) is 0 Å². The number of nitrogens with one attached hydrogen (secondary N) is 1. The Labute approximate surface area is 88.5 Å². The number of benzene rings is 1. The molecule has 5 heteroatoms. The summed E-state index contributed by atoms with van der Waals surface area (Å²) in [5.74, 6) is 0. The van der Waals surface area contributed by atoms with Gasteiger partial charge in [0.1, 0.15) is 0 Å². The third kappa shape index (κ3) is 1.90. The van der Waals surface area contributed by atoms with Crippen LogP contribution in [0.15, 0.2) is 23.2 Å². The Morgan fingerprint density at radius 1 is 1.36 bits per heavy atom. The minimum absolute atomic E-state index is 0.0267. The van der Waals surface area contributed by atoms with Crippen LogP contribution >= 0.6 is 0 Å². The average molecular weight is 254 g/mol. The standard InChI is InChI=1S/C9H10N4Se/c1-13(2)6-10-7-4-3-5-8-9(7)12-14-11-8/h3-6H,1-2H3/p+1. The monoisotopic (exact) mass is 255 g/mol. The Morgan fingerprint density at radius 3 is 3.00 bits per heavy atom. The third-order valence-corrected chi connectivity index (χ3v) is 2.86. The molecule has 1 aromatic carbocycles. The minimum atomic E-state index is 0.0267. The van der Waals surface area contributed by atoms with Gasteiger partial charge in [-0.25, -0.2) is 0 Å². The van der Waals surface area contributed by atoms with E-state index >= 15 is 0 Å². The van der Waals surface area contributed by atoms with Gasteiger partial charge in [0.05, 0.1) is 0 Å². The SMILES string of the molecule is C[NH+](C)C=Nc1cccc2n[se]nc12. The van der Waals surface area contributed by atoms with Gasteiger partial charge in [-0.05, 0) is 0 Å². The number of aliphatic imine (C=N–C) groups is 1. The van der Waals surface area contributed by atoms with E-state index in [1.54, 1.807) is 0 Å². The first kappa shape index (κ1) is 9.52. The summed E-state index contributed by atoms with van der Waals surface area (Å²) in [4.78, 5) is 5.55. The summed E-state index contributed by atoms with van der Waals surface area (Å²) in [6, 6.07) is 5.92. The van der Waals surface area contributed by atoms with Gasteiger partial charge in [-0.1, -0.05) is 0 Å². The number of aromatic nitrogens is 2. The molecule has 0 bridgehead atoms. The van der Waals surface area contributed by atoms with Gasteiger partial charge in [-0.2, -0.15) is 0 Å². The molecule has 0 aliphatic carbocycles. The molecule has 2 aromatic rings. The number of hydrogen-bond acceptors (Lipinski definition) is 3. The Kier molecular flexibility index (Phi) is 2.72. The van der Waals surface area contributed by atoms with Crippen molar-refractivity contribution in [1.82, 2.24) is 7.96 Å². The fourth-order valence-corrected chi connectivity index (χ4v) is 2.24. The Morgan fingerprint density at radius 2 is 2.21 bits per heavy atom. The molecule has 0 amide bonds. The topological polar surface area (TPSA) is 42.6 Å². The van der Waals surface area contributed by atoms with Crippen molar-refractivity contribution in [3.63, 3.8) is 0 Å². The summed E-state index contributed by atoms with van der Waals surface area (Å²) in [5.41, 5.74) is 2.85. The molecule has 0 unspecified atom stereocenters. The maximum atomic E-state index is 4.37. The van der Waals surface area contributed by atoms with E-state index in [1.165, 1.54) is 4.90 Å². The van der Waals surface area contributed by atoms with E-state index in [-0.39, 0.29) is 15.0 Å². The number of nitrogens with zero attached hydrogens (tertiary/aromatic N) is 3. The predicted molar refractivity (Wildman–Crippen MR) is 57.4 cm³/mol. The summed E-state index contributed by atoms with van der Waals surface area (Å²) >= 11 is 0.0267. The second-order valence-corrected chi connectivity index (χ2v) is 4.35. The third-order valence-electron chi connectivity index (χ3n) is 1.73. The fourth-order valence-electron chi connectivity index (χ4n) is 1.09. The van der Waals surface area contributed by atoms with E-state index in [0.29, 0.717) is 0 Å². The van der Waals surface area contributed by atoms with E-state index in [9.17, 15) is 0 Å². The van der Waals surface area contributed by atoms with Crippen molar-refractivity contribution >= 4 is 38.0 Å². The van der Waals surface area contributed by atoms with Gasteiger partial charge in [0.2, 0.25) is 0 Å². The molecule has 1 N–H and O–H groups in total. The van der Waals surface area contributed by atoms with Gasteiger partial charge in [0, 0.05) is 0 Å². The molecule has 1 aromatic heterocycles. The van der Waals surface area contributed by atoms with Gasteiger partial charge >= 0.3 is 88.2 Å². The molecule has 0 aliphatic rings. The van der Waals surface area contributed by atoms with Crippen molar-refractivity contribution in [1.29, 1.82) is 0 Å². The van der Waals surface area contributed by atoms with Crippen LogP contribution in [0.2, 0.25) is 0 Å². The summed E-state index contributed by atoms with van der Waals surface area (Å²) in [6.07, 6.45) is 1.86. The Balaban J connectivity index is 2.46. The quantitative estimate of drug-likeness (QED) is 0.445. The van der Waals surface area contributed by atoms with Crippen molar-refractivity contribution in [2.45, 2.75) is 0 Å². The summed E-state index contributed by atoms with van der Waals surface area (Å²) in [6.45, 7) is 0. The second-order valence-electron chi connectivity index (χ2n) is 3.24. The first-order chi connectivity index (χ1) is 6.77. The first-order valence-corrected chi connectivity index (χ1v) is 5.86. The number of hydrogen-bond donors (Lipinski definition) is 1. The fraction of sp³-hybridized carbons (Fsp3) is 0.222. The van der Waals surface area contributed by atoms with Crippen LogP contribution in [-0.4, -0.2) is 43.4 Å². The summed E-state index contributed by atoms with van der Waals surface area (Å²) in [5, 5.41) is 0. The Hall–Kier alpha value is -1.03. The normalized spacial score (nSPS) is 11.9. The molecule has 0 spiro atoms. The van der Waals surface area contributed by atoms with Gasteiger partial charge in [0.25, 0.3) is 0 Å². The van der Waals surface area contributed by atoms with Gasteiger partial charge in [-0.3, -0.25) is 0 Å². The van der Waals surface area contributed by atoms with Crippen LogP contribution in [0, 0.1) is 0 Å². The van der Waals surface area contributed by atoms with Gasteiger partial charge in [0.15, 0.2) is 0 Å². The molecule has 1 heterocycles. The van der Waals surface area contributed by atoms with E-state index in [0.717, 1.165) is 16.7 Å². The second kappa shape index (κ2) is 4.00. The van der Waals surface area contributed by atoms with Gasteiger partial charge in [-0.15, -0.1) is 0 Å². The molecular weight excluding hydrogens is 243 g/mol. The van der Waals surface area contributed by atoms with Crippen molar-refractivity contribution in [2.24, 2.45) is 4.99 Å². The molecular formula is C9H11N4Se+. The average Bonchev–Trinajstić information content (AvgIpc) is 2.62. The molecule has 0 saturated carbocycles.